The van der Waals surface area contributed by atoms with Crippen molar-refractivity contribution in [2.75, 3.05) is 10.0 Å². The topological polar surface area (TPSA) is 138 Å². The number of carboxylic acid groups (broad SMARTS) is 1. The average molecular weight is 631 g/mol. The number of carbonyl (C=O) groups is 2. The van der Waals surface area contributed by atoms with Crippen molar-refractivity contribution in [3.05, 3.63) is 53.2 Å². The van der Waals surface area contributed by atoms with Crippen molar-refractivity contribution >= 4 is 44.1 Å². The van der Waals surface area contributed by atoms with Crippen LogP contribution in [-0.4, -0.2) is 41.5 Å². The summed E-state index contributed by atoms with van der Waals surface area (Å²) >= 11 is 1.33. The minimum atomic E-state index is -5.08. The van der Waals surface area contributed by atoms with Gasteiger partial charge in [0.2, 0.25) is 11.9 Å². The molecule has 0 atom stereocenters. The SMILES string of the molecule is Cc1cc(F)ncc1NS(=O)(=O)c1cc(-c2sc(NC(=O)CC3CCCCC3)nc2C)ccc1C.O=C(O)C(F)(F)F. The normalized spacial score (nSPS) is 14.1. The number of aliphatic carboxylic acids is 1. The predicted octanol–water partition coefficient (Wildman–Crippen LogP) is 6.61. The van der Waals surface area contributed by atoms with Gasteiger partial charge in [-0.05, 0) is 68.4 Å². The fraction of sp³-hybridized carbons (Fsp3) is 0.407. The Bertz CT molecular complexity index is 1550. The molecule has 42 heavy (non-hydrogen) atoms. The molecule has 2 aromatic heterocycles. The van der Waals surface area contributed by atoms with Crippen molar-refractivity contribution in [1.82, 2.24) is 9.97 Å². The maximum Gasteiger partial charge on any atom is 0.490 e. The third-order valence-electron chi connectivity index (χ3n) is 6.55. The van der Waals surface area contributed by atoms with E-state index in [1.807, 2.05) is 13.0 Å². The lowest BCUT2D eigenvalue weighted by molar-refractivity contribution is -0.192. The van der Waals surface area contributed by atoms with Crippen LogP contribution >= 0.6 is 11.3 Å². The van der Waals surface area contributed by atoms with Crippen LogP contribution < -0.4 is 10.0 Å². The van der Waals surface area contributed by atoms with Gasteiger partial charge in [0.1, 0.15) is 0 Å². The van der Waals surface area contributed by atoms with Gasteiger partial charge in [-0.1, -0.05) is 42.7 Å². The molecular weight excluding hydrogens is 600 g/mol. The van der Waals surface area contributed by atoms with E-state index in [0.29, 0.717) is 39.9 Å². The molecule has 0 saturated heterocycles. The second-order valence-electron chi connectivity index (χ2n) is 9.90. The Kier molecular flexibility index (Phi) is 10.7. The summed E-state index contributed by atoms with van der Waals surface area (Å²) in [6, 6.07) is 6.34. The predicted molar refractivity (Wildman–Crippen MR) is 150 cm³/mol. The maximum atomic E-state index is 13.3. The molecular formula is C27H30F4N4O5S2. The molecule has 1 aromatic carbocycles. The highest BCUT2D eigenvalue weighted by Gasteiger charge is 2.38. The molecule has 4 rings (SSSR count). The van der Waals surface area contributed by atoms with Crippen molar-refractivity contribution in [3.63, 3.8) is 0 Å². The van der Waals surface area contributed by atoms with Gasteiger partial charge in [-0.25, -0.2) is 23.2 Å². The first kappa shape index (κ1) is 32.9. The summed E-state index contributed by atoms with van der Waals surface area (Å²) in [6.07, 6.45) is 2.39. The highest BCUT2D eigenvalue weighted by Crippen LogP contribution is 2.35. The molecule has 1 amide bonds. The van der Waals surface area contributed by atoms with Gasteiger partial charge in [-0.15, -0.1) is 0 Å². The number of benzene rings is 1. The third-order valence-corrected chi connectivity index (χ3v) is 9.18. The standard InChI is InChI=1S/C25H29FN4O3S2.C2HF3O2/c1-15-9-10-19(13-21(15)35(32,33)30-20-14-27-22(26)11-16(20)2)24-17(3)28-25(34-24)29-23(31)12-18-7-5-4-6-8-18;3-2(4,5)1(6)7/h9-11,13-14,18,30H,4-8,12H2,1-3H3,(H,28,29,31);(H,6,7). The van der Waals surface area contributed by atoms with Crippen LogP contribution in [0.4, 0.5) is 28.4 Å². The van der Waals surface area contributed by atoms with Gasteiger partial charge in [0.15, 0.2) is 5.13 Å². The molecule has 1 aliphatic rings. The number of carboxylic acids is 1. The Morgan fingerprint density at radius 3 is 2.31 bits per heavy atom. The van der Waals surface area contributed by atoms with Crippen LogP contribution in [-0.2, 0) is 19.6 Å². The van der Waals surface area contributed by atoms with Crippen molar-refractivity contribution < 1.29 is 40.7 Å². The minimum Gasteiger partial charge on any atom is -0.475 e. The van der Waals surface area contributed by atoms with Crippen LogP contribution in [0.25, 0.3) is 10.4 Å². The number of amides is 1. The number of anilines is 2. The van der Waals surface area contributed by atoms with E-state index < -0.39 is 28.1 Å². The molecule has 9 nitrogen and oxygen atoms in total. The van der Waals surface area contributed by atoms with Crippen LogP contribution in [0.3, 0.4) is 0 Å². The zero-order valence-corrected chi connectivity index (χ0v) is 24.6. The van der Waals surface area contributed by atoms with Crippen LogP contribution in [0.5, 0.6) is 0 Å². The van der Waals surface area contributed by atoms with Crippen molar-refractivity contribution in [2.24, 2.45) is 5.92 Å². The van der Waals surface area contributed by atoms with Crippen LogP contribution in [0.15, 0.2) is 35.4 Å². The number of nitrogens with zero attached hydrogens (tertiary/aromatic N) is 2. The molecule has 0 aliphatic heterocycles. The van der Waals surface area contributed by atoms with Gasteiger partial charge >= 0.3 is 12.1 Å². The molecule has 1 saturated carbocycles. The number of halogens is 4. The molecule has 228 valence electrons. The van der Waals surface area contributed by atoms with Crippen LogP contribution in [0.1, 0.15) is 55.3 Å². The lowest BCUT2D eigenvalue weighted by Gasteiger charge is -2.20. The number of pyridine rings is 1. The molecule has 2 heterocycles. The number of sulfonamides is 1. The van der Waals surface area contributed by atoms with Gasteiger partial charge in [0.05, 0.1) is 27.4 Å². The summed E-state index contributed by atoms with van der Waals surface area (Å²) in [6.45, 7) is 5.16. The van der Waals surface area contributed by atoms with E-state index in [1.54, 1.807) is 26.0 Å². The van der Waals surface area contributed by atoms with E-state index in [9.17, 15) is 30.8 Å². The van der Waals surface area contributed by atoms with Gasteiger partial charge in [-0.3, -0.25) is 9.52 Å². The fourth-order valence-corrected chi connectivity index (χ4v) is 6.77. The average Bonchev–Trinajstić information content (AvgIpc) is 3.25. The summed E-state index contributed by atoms with van der Waals surface area (Å²) < 4.78 is 73.9. The summed E-state index contributed by atoms with van der Waals surface area (Å²) in [4.78, 5) is 30.4. The zero-order chi connectivity index (χ0) is 31.2. The highest BCUT2D eigenvalue weighted by atomic mass is 32.2. The maximum absolute atomic E-state index is 13.3. The molecule has 0 unspecified atom stereocenters. The number of rotatable bonds is 7. The third kappa shape index (κ3) is 8.95. The number of hydrogen-bond donors (Lipinski definition) is 3. The monoisotopic (exact) mass is 630 g/mol. The molecule has 1 aliphatic carbocycles. The summed E-state index contributed by atoms with van der Waals surface area (Å²) in [5.74, 6) is -3.03. The number of aryl methyl sites for hydroxylation is 3. The zero-order valence-electron chi connectivity index (χ0n) is 23.0. The number of aromatic nitrogens is 2. The Morgan fingerprint density at radius 1 is 1.07 bits per heavy atom. The molecule has 0 bridgehead atoms. The second kappa shape index (κ2) is 13.6. The number of carbonyl (C=O) groups excluding carboxylic acids is 1. The molecule has 0 radical (unpaired) electrons. The molecule has 0 spiro atoms. The Morgan fingerprint density at radius 2 is 1.71 bits per heavy atom. The summed E-state index contributed by atoms with van der Waals surface area (Å²) in [7, 11) is -3.95. The first-order chi connectivity index (χ1) is 19.6. The lowest BCUT2D eigenvalue weighted by Crippen LogP contribution is -2.21. The van der Waals surface area contributed by atoms with E-state index in [2.05, 4.69) is 20.0 Å². The van der Waals surface area contributed by atoms with Gasteiger partial charge in [-0.2, -0.15) is 17.6 Å². The Labute approximate surface area is 244 Å². The van der Waals surface area contributed by atoms with E-state index in [1.165, 1.54) is 36.7 Å². The van der Waals surface area contributed by atoms with Crippen LogP contribution in [0.2, 0.25) is 0 Å². The first-order valence-electron chi connectivity index (χ1n) is 12.9. The lowest BCUT2D eigenvalue weighted by atomic mass is 9.87. The Hall–Kier alpha value is -3.59. The highest BCUT2D eigenvalue weighted by molar-refractivity contribution is 7.92. The molecule has 3 aromatic rings. The fourth-order valence-electron chi connectivity index (χ4n) is 4.40. The van der Waals surface area contributed by atoms with E-state index in [-0.39, 0.29) is 16.5 Å². The van der Waals surface area contributed by atoms with E-state index >= 15 is 0 Å². The second-order valence-corrected chi connectivity index (χ2v) is 12.6. The van der Waals surface area contributed by atoms with E-state index in [0.717, 1.165) is 23.9 Å². The number of nitrogens with one attached hydrogen (secondary N) is 2. The number of alkyl halides is 3. The van der Waals surface area contributed by atoms with Crippen molar-refractivity contribution in [3.8, 4) is 10.4 Å². The summed E-state index contributed by atoms with van der Waals surface area (Å²) in [5.41, 5.74) is 2.61. The largest absolute Gasteiger partial charge is 0.490 e. The van der Waals surface area contributed by atoms with Gasteiger partial charge in [0.25, 0.3) is 10.0 Å². The summed E-state index contributed by atoms with van der Waals surface area (Å²) in [5, 5.41) is 10.6. The smallest absolute Gasteiger partial charge is 0.475 e. The number of hydrogen-bond acceptors (Lipinski definition) is 7. The van der Waals surface area contributed by atoms with Crippen molar-refractivity contribution in [1.29, 1.82) is 0 Å². The molecule has 3 N–H and O–H groups in total. The van der Waals surface area contributed by atoms with Gasteiger partial charge < -0.3 is 10.4 Å². The van der Waals surface area contributed by atoms with E-state index in [4.69, 9.17) is 9.90 Å². The van der Waals surface area contributed by atoms with Gasteiger partial charge in [0, 0.05) is 6.42 Å². The molecule has 15 heteroatoms. The quantitative estimate of drug-likeness (QED) is 0.197. The first-order valence-corrected chi connectivity index (χ1v) is 15.2. The van der Waals surface area contributed by atoms with Crippen LogP contribution in [0, 0.1) is 32.6 Å². The van der Waals surface area contributed by atoms with Crippen molar-refractivity contribution in [2.45, 2.75) is 70.4 Å². The molecule has 1 fully saturated rings. The minimum absolute atomic E-state index is 0.0307. The Balaban J connectivity index is 0.000000616. The number of thiazole rings is 1.